The van der Waals surface area contributed by atoms with Crippen LogP contribution in [0.4, 0.5) is 0 Å². The highest BCUT2D eigenvalue weighted by atomic mass is 32.2. The van der Waals surface area contributed by atoms with Gasteiger partial charge in [-0.1, -0.05) is 32.9 Å². The van der Waals surface area contributed by atoms with E-state index in [0.29, 0.717) is 11.3 Å². The van der Waals surface area contributed by atoms with Crippen molar-refractivity contribution in [2.45, 2.75) is 56.2 Å². The van der Waals surface area contributed by atoms with Crippen molar-refractivity contribution in [1.82, 2.24) is 0 Å². The minimum atomic E-state index is 0.352. The predicted octanol–water partition coefficient (Wildman–Crippen LogP) is 3.86. The van der Waals surface area contributed by atoms with E-state index in [1.54, 1.807) is 0 Å². The van der Waals surface area contributed by atoms with Gasteiger partial charge in [-0.05, 0) is 37.0 Å². The quantitative estimate of drug-likeness (QED) is 0.760. The summed E-state index contributed by atoms with van der Waals surface area (Å²) < 4.78 is 0. The van der Waals surface area contributed by atoms with Crippen LogP contribution >= 0.6 is 11.8 Å². The summed E-state index contributed by atoms with van der Waals surface area (Å²) in [5, 5.41) is 0.652. The van der Waals surface area contributed by atoms with Gasteiger partial charge in [0.25, 0.3) is 0 Å². The van der Waals surface area contributed by atoms with Gasteiger partial charge in [-0.3, -0.25) is 0 Å². The molecule has 0 aliphatic heterocycles. The van der Waals surface area contributed by atoms with Crippen LogP contribution in [0.5, 0.6) is 0 Å². The van der Waals surface area contributed by atoms with Gasteiger partial charge in [0.05, 0.1) is 0 Å². The molecule has 0 aliphatic rings. The van der Waals surface area contributed by atoms with Gasteiger partial charge < -0.3 is 5.73 Å². The second kappa shape index (κ2) is 6.97. The van der Waals surface area contributed by atoms with Crippen LogP contribution in [0, 0.1) is 0 Å². The summed E-state index contributed by atoms with van der Waals surface area (Å²) in [4.78, 5) is 1.36. The monoisotopic (exact) mass is 237 g/mol. The summed E-state index contributed by atoms with van der Waals surface area (Å²) in [6.45, 7) is 6.59. The lowest BCUT2D eigenvalue weighted by molar-refractivity contribution is 0.596. The summed E-state index contributed by atoms with van der Waals surface area (Å²) in [5.74, 6) is 0. The Bertz CT molecular complexity index is 292. The highest BCUT2D eigenvalue weighted by Gasteiger charge is 2.01. The van der Waals surface area contributed by atoms with Crippen LogP contribution in [-0.2, 0) is 6.42 Å². The lowest BCUT2D eigenvalue weighted by atomic mass is 10.0. The molecule has 0 amide bonds. The third-order valence-corrected chi connectivity index (χ3v) is 3.64. The summed E-state index contributed by atoms with van der Waals surface area (Å²) in [7, 11) is 0. The summed E-state index contributed by atoms with van der Waals surface area (Å²) >= 11 is 1.91. The fourth-order valence-electron chi connectivity index (χ4n) is 1.56. The van der Waals surface area contributed by atoms with Crippen molar-refractivity contribution in [2.24, 2.45) is 5.73 Å². The molecule has 0 saturated carbocycles. The second-order valence-corrected chi connectivity index (χ2v) is 6.17. The van der Waals surface area contributed by atoms with Crippen LogP contribution in [0.25, 0.3) is 0 Å². The van der Waals surface area contributed by atoms with Crippen molar-refractivity contribution in [3.05, 3.63) is 29.8 Å². The van der Waals surface area contributed by atoms with Crippen LogP contribution < -0.4 is 5.73 Å². The predicted molar refractivity (Wildman–Crippen MR) is 74.0 cm³/mol. The van der Waals surface area contributed by atoms with Gasteiger partial charge in [0.1, 0.15) is 0 Å². The summed E-state index contributed by atoms with van der Waals surface area (Å²) in [6, 6.07) is 9.25. The Kier molecular flexibility index (Phi) is 5.93. The molecule has 90 valence electrons. The number of thioether (sulfide) groups is 1. The zero-order chi connectivity index (χ0) is 12.0. The molecule has 0 fully saturated rings. The van der Waals surface area contributed by atoms with E-state index in [-0.39, 0.29) is 0 Å². The molecule has 2 heteroatoms. The van der Waals surface area contributed by atoms with E-state index in [0.717, 1.165) is 19.3 Å². The number of rotatable bonds is 6. The minimum absolute atomic E-state index is 0.352. The first-order valence-corrected chi connectivity index (χ1v) is 7.01. The molecule has 0 aliphatic carbocycles. The van der Waals surface area contributed by atoms with Gasteiger partial charge in [0, 0.05) is 16.2 Å². The molecular formula is C14H23NS. The Labute approximate surface area is 104 Å². The number of hydrogen-bond donors (Lipinski definition) is 1. The van der Waals surface area contributed by atoms with E-state index in [9.17, 15) is 0 Å². The maximum absolute atomic E-state index is 5.91. The topological polar surface area (TPSA) is 26.0 Å². The largest absolute Gasteiger partial charge is 0.328 e. The minimum Gasteiger partial charge on any atom is -0.328 e. The summed E-state index contributed by atoms with van der Waals surface area (Å²) in [6.07, 6.45) is 3.26. The zero-order valence-corrected chi connectivity index (χ0v) is 11.4. The molecule has 1 aromatic rings. The molecule has 1 unspecified atom stereocenters. The molecule has 1 aromatic carbocycles. The number of aryl methyl sites for hydroxylation is 1. The van der Waals surface area contributed by atoms with Gasteiger partial charge >= 0.3 is 0 Å². The second-order valence-electron chi connectivity index (χ2n) is 4.52. The third-order valence-electron chi connectivity index (χ3n) is 2.62. The first-order valence-electron chi connectivity index (χ1n) is 6.13. The van der Waals surface area contributed by atoms with Gasteiger partial charge in [-0.25, -0.2) is 0 Å². The smallest absolute Gasteiger partial charge is 0.00747 e. The molecule has 0 radical (unpaired) electrons. The highest BCUT2D eigenvalue weighted by Crippen LogP contribution is 2.23. The van der Waals surface area contributed by atoms with Crippen LogP contribution in [0.1, 0.15) is 39.2 Å². The zero-order valence-electron chi connectivity index (χ0n) is 10.6. The molecule has 0 bridgehead atoms. The van der Waals surface area contributed by atoms with Crippen LogP contribution in [-0.4, -0.2) is 11.3 Å². The molecule has 1 nitrogen and oxygen atoms in total. The van der Waals surface area contributed by atoms with Crippen molar-refractivity contribution in [3.8, 4) is 0 Å². The Morgan fingerprint density at radius 1 is 1.19 bits per heavy atom. The van der Waals surface area contributed by atoms with E-state index in [4.69, 9.17) is 5.73 Å². The van der Waals surface area contributed by atoms with E-state index < -0.39 is 0 Å². The van der Waals surface area contributed by atoms with Gasteiger partial charge in [-0.15, -0.1) is 11.8 Å². The number of benzene rings is 1. The molecule has 0 heterocycles. The van der Waals surface area contributed by atoms with Crippen molar-refractivity contribution < 1.29 is 0 Å². The van der Waals surface area contributed by atoms with Crippen LogP contribution in [0.3, 0.4) is 0 Å². The van der Waals surface area contributed by atoms with Gasteiger partial charge in [0.2, 0.25) is 0 Å². The average Bonchev–Trinajstić information content (AvgIpc) is 2.27. The lowest BCUT2D eigenvalue weighted by Crippen LogP contribution is -2.18. The van der Waals surface area contributed by atoms with Crippen LogP contribution in [0.2, 0.25) is 0 Å². The number of nitrogens with two attached hydrogens (primary N) is 1. The Balaban J connectivity index is 2.45. The third kappa shape index (κ3) is 5.04. The van der Waals surface area contributed by atoms with Crippen molar-refractivity contribution in [1.29, 1.82) is 0 Å². The molecule has 2 N–H and O–H groups in total. The van der Waals surface area contributed by atoms with E-state index >= 15 is 0 Å². The molecular weight excluding hydrogens is 214 g/mol. The standard InChI is InChI=1S/C14H23NS/c1-4-13(15)8-5-12-6-9-14(10-7-12)16-11(2)3/h6-7,9-11,13H,4-5,8,15H2,1-3H3. The fourth-order valence-corrected chi connectivity index (χ4v) is 2.40. The highest BCUT2D eigenvalue weighted by molar-refractivity contribution is 7.99. The Morgan fingerprint density at radius 3 is 2.31 bits per heavy atom. The number of hydrogen-bond acceptors (Lipinski definition) is 2. The SMILES string of the molecule is CCC(N)CCc1ccc(SC(C)C)cc1. The maximum Gasteiger partial charge on any atom is 0.00747 e. The fraction of sp³-hybridized carbons (Fsp3) is 0.571. The maximum atomic E-state index is 5.91. The van der Waals surface area contributed by atoms with Gasteiger partial charge in [-0.2, -0.15) is 0 Å². The first kappa shape index (κ1) is 13.6. The Morgan fingerprint density at radius 2 is 1.81 bits per heavy atom. The van der Waals surface area contributed by atoms with E-state index in [1.165, 1.54) is 10.5 Å². The molecule has 0 spiro atoms. The first-order chi connectivity index (χ1) is 7.61. The molecule has 16 heavy (non-hydrogen) atoms. The van der Waals surface area contributed by atoms with Gasteiger partial charge in [0.15, 0.2) is 0 Å². The average molecular weight is 237 g/mol. The summed E-state index contributed by atoms with van der Waals surface area (Å²) in [5.41, 5.74) is 7.31. The van der Waals surface area contributed by atoms with E-state index in [1.807, 2.05) is 11.8 Å². The normalized spacial score (nSPS) is 13.1. The lowest BCUT2D eigenvalue weighted by Gasteiger charge is -2.09. The van der Waals surface area contributed by atoms with Crippen molar-refractivity contribution in [3.63, 3.8) is 0 Å². The molecule has 0 aromatic heterocycles. The van der Waals surface area contributed by atoms with Crippen molar-refractivity contribution in [2.75, 3.05) is 0 Å². The molecule has 1 atom stereocenters. The van der Waals surface area contributed by atoms with Crippen LogP contribution in [0.15, 0.2) is 29.2 Å². The Hall–Kier alpha value is -0.470. The molecule has 1 rings (SSSR count). The molecule has 0 saturated heterocycles. The van der Waals surface area contributed by atoms with Crippen molar-refractivity contribution >= 4 is 11.8 Å². The van der Waals surface area contributed by atoms with E-state index in [2.05, 4.69) is 45.0 Å².